The van der Waals surface area contributed by atoms with E-state index in [4.69, 9.17) is 0 Å². The minimum absolute atomic E-state index is 0.147. The van der Waals surface area contributed by atoms with Crippen molar-refractivity contribution in [2.75, 3.05) is 4.90 Å². The lowest BCUT2D eigenvalue weighted by atomic mass is 9.65. The molecule has 4 aromatic rings. The van der Waals surface area contributed by atoms with Crippen LogP contribution in [-0.4, -0.2) is 11.4 Å². The van der Waals surface area contributed by atoms with Crippen molar-refractivity contribution in [1.82, 2.24) is 0 Å². The number of rotatable bonds is 3. The quantitative estimate of drug-likeness (QED) is 0.353. The van der Waals surface area contributed by atoms with E-state index >= 15 is 0 Å². The zero-order chi connectivity index (χ0) is 22.3. The minimum atomic E-state index is -0.319. The summed E-state index contributed by atoms with van der Waals surface area (Å²) < 4.78 is 0. The van der Waals surface area contributed by atoms with Gasteiger partial charge in [-0.3, -0.25) is 4.79 Å². The van der Waals surface area contributed by atoms with Gasteiger partial charge in [-0.05, 0) is 53.8 Å². The van der Waals surface area contributed by atoms with E-state index in [0.717, 1.165) is 23.1 Å². The van der Waals surface area contributed by atoms with Gasteiger partial charge in [0.1, 0.15) is 0 Å². The number of carbonyl (C=O) groups is 1. The van der Waals surface area contributed by atoms with Crippen LogP contribution in [0.1, 0.15) is 43.9 Å². The van der Waals surface area contributed by atoms with Crippen molar-refractivity contribution in [3.05, 3.63) is 114 Å². The highest BCUT2D eigenvalue weighted by molar-refractivity contribution is 6.00. The lowest BCUT2D eigenvalue weighted by Crippen LogP contribution is -2.56. The lowest BCUT2D eigenvalue weighted by molar-refractivity contribution is -0.119. The number of nitrogens with zero attached hydrogens (tertiary/aromatic N) is 1. The molecule has 160 valence electrons. The zero-order valence-electron chi connectivity index (χ0n) is 19.0. The fraction of sp³-hybridized carbons (Fsp3) is 0.233. The molecule has 0 spiro atoms. The minimum Gasteiger partial charge on any atom is -0.306 e. The summed E-state index contributed by atoms with van der Waals surface area (Å²) in [4.78, 5) is 15.9. The summed E-state index contributed by atoms with van der Waals surface area (Å²) >= 11 is 0. The third kappa shape index (κ3) is 3.31. The fourth-order valence-corrected chi connectivity index (χ4v) is 5.72. The molecule has 0 aliphatic carbocycles. The predicted molar refractivity (Wildman–Crippen MR) is 133 cm³/mol. The maximum Gasteiger partial charge on any atom is 0.231 e. The molecular formula is C30H29NO. The number of para-hydroxylation sites is 1. The first-order chi connectivity index (χ1) is 15.4. The largest absolute Gasteiger partial charge is 0.306 e. The topological polar surface area (TPSA) is 20.3 Å². The van der Waals surface area contributed by atoms with E-state index in [9.17, 15) is 4.79 Å². The van der Waals surface area contributed by atoms with Crippen LogP contribution in [0.3, 0.4) is 0 Å². The van der Waals surface area contributed by atoms with Gasteiger partial charge in [-0.15, -0.1) is 0 Å². The van der Waals surface area contributed by atoms with E-state index in [1.807, 2.05) is 24.3 Å². The van der Waals surface area contributed by atoms with E-state index in [0.29, 0.717) is 6.42 Å². The highest BCUT2D eigenvalue weighted by atomic mass is 16.2. The Morgan fingerprint density at radius 3 is 2.25 bits per heavy atom. The molecule has 1 atom stereocenters. The third-order valence-electron chi connectivity index (χ3n) is 7.01. The first kappa shape index (κ1) is 20.5. The molecule has 1 heterocycles. The molecule has 2 nitrogen and oxygen atoms in total. The van der Waals surface area contributed by atoms with Crippen LogP contribution in [0, 0.1) is 0 Å². The number of benzene rings is 4. The second-order valence-electron chi connectivity index (χ2n) is 9.75. The Hall–Kier alpha value is -3.39. The van der Waals surface area contributed by atoms with Crippen LogP contribution >= 0.6 is 0 Å². The third-order valence-corrected chi connectivity index (χ3v) is 7.01. The van der Waals surface area contributed by atoms with E-state index < -0.39 is 0 Å². The average Bonchev–Trinajstić information content (AvgIpc) is 2.79. The van der Waals surface area contributed by atoms with Crippen molar-refractivity contribution in [3.8, 4) is 0 Å². The maximum absolute atomic E-state index is 13.9. The van der Waals surface area contributed by atoms with Crippen molar-refractivity contribution >= 4 is 22.4 Å². The Morgan fingerprint density at radius 1 is 0.781 bits per heavy atom. The number of anilines is 1. The second-order valence-corrected chi connectivity index (χ2v) is 9.75. The van der Waals surface area contributed by atoms with Crippen molar-refractivity contribution in [2.24, 2.45) is 0 Å². The molecule has 0 radical (unpaired) electrons. The molecule has 0 bridgehead atoms. The molecule has 4 aromatic carbocycles. The SMILES string of the molecule is CC1(C)C[C@](C)(c2ccccc2)c2ccccc2N1C(=O)Cc1cccc2ccccc12. The molecule has 2 heteroatoms. The molecule has 0 saturated carbocycles. The van der Waals surface area contributed by atoms with Gasteiger partial charge >= 0.3 is 0 Å². The van der Waals surface area contributed by atoms with Crippen molar-refractivity contribution in [3.63, 3.8) is 0 Å². The smallest absolute Gasteiger partial charge is 0.231 e. The highest BCUT2D eigenvalue weighted by Crippen LogP contribution is 2.50. The van der Waals surface area contributed by atoms with E-state index in [1.165, 1.54) is 16.5 Å². The fourth-order valence-electron chi connectivity index (χ4n) is 5.72. The van der Waals surface area contributed by atoms with Crippen LogP contribution in [-0.2, 0) is 16.6 Å². The number of amides is 1. The molecule has 5 rings (SSSR count). The van der Waals surface area contributed by atoms with Crippen molar-refractivity contribution in [2.45, 2.75) is 44.6 Å². The standard InChI is InChI=1S/C30H29NO/c1-29(2)21-30(3,24-15-5-4-6-16-24)26-18-9-10-19-27(26)31(29)28(32)20-23-14-11-13-22-12-7-8-17-25(22)23/h4-19H,20-21H2,1-3H3/t30-/m1/s1. The molecular weight excluding hydrogens is 390 g/mol. The number of carbonyl (C=O) groups excluding carboxylic acids is 1. The van der Waals surface area contributed by atoms with Crippen LogP contribution in [0.25, 0.3) is 10.8 Å². The van der Waals surface area contributed by atoms with Gasteiger partial charge < -0.3 is 4.90 Å². The summed E-state index contributed by atoms with van der Waals surface area (Å²) in [7, 11) is 0. The van der Waals surface area contributed by atoms with Gasteiger partial charge in [-0.25, -0.2) is 0 Å². The van der Waals surface area contributed by atoms with Gasteiger partial charge in [0.05, 0.1) is 6.42 Å². The summed E-state index contributed by atoms with van der Waals surface area (Å²) in [6.45, 7) is 6.71. The summed E-state index contributed by atoms with van der Waals surface area (Å²) in [6, 6.07) is 33.7. The van der Waals surface area contributed by atoms with Crippen LogP contribution in [0.15, 0.2) is 97.1 Å². The molecule has 0 aromatic heterocycles. The van der Waals surface area contributed by atoms with Crippen molar-refractivity contribution in [1.29, 1.82) is 0 Å². The molecule has 32 heavy (non-hydrogen) atoms. The molecule has 1 aliphatic rings. The lowest BCUT2D eigenvalue weighted by Gasteiger charge is -2.51. The van der Waals surface area contributed by atoms with Crippen LogP contribution < -0.4 is 4.90 Å². The van der Waals surface area contributed by atoms with Crippen molar-refractivity contribution < 1.29 is 4.79 Å². The molecule has 1 amide bonds. The first-order valence-electron chi connectivity index (χ1n) is 11.3. The Bertz CT molecular complexity index is 1290. The summed E-state index contributed by atoms with van der Waals surface area (Å²) in [5, 5.41) is 2.33. The summed E-state index contributed by atoms with van der Waals surface area (Å²) in [5.41, 5.74) is 4.15. The van der Waals surface area contributed by atoms with Gasteiger partial charge in [-0.1, -0.05) is 97.9 Å². The van der Waals surface area contributed by atoms with Crippen LogP contribution in [0.2, 0.25) is 0 Å². The monoisotopic (exact) mass is 419 g/mol. The molecule has 0 N–H and O–H groups in total. The van der Waals surface area contributed by atoms with Gasteiger partial charge in [0, 0.05) is 16.6 Å². The van der Waals surface area contributed by atoms with Crippen LogP contribution in [0.5, 0.6) is 0 Å². The van der Waals surface area contributed by atoms with E-state index in [1.54, 1.807) is 0 Å². The van der Waals surface area contributed by atoms with E-state index in [2.05, 4.69) is 98.5 Å². The van der Waals surface area contributed by atoms with Gasteiger partial charge in [0.25, 0.3) is 0 Å². The Kier molecular flexibility index (Phi) is 4.89. The zero-order valence-corrected chi connectivity index (χ0v) is 19.0. The molecule has 1 aliphatic heterocycles. The van der Waals surface area contributed by atoms with Crippen LogP contribution in [0.4, 0.5) is 5.69 Å². The summed E-state index contributed by atoms with van der Waals surface area (Å²) in [6.07, 6.45) is 1.25. The predicted octanol–water partition coefficient (Wildman–Crippen LogP) is 6.90. The number of hydrogen-bond donors (Lipinski definition) is 0. The Morgan fingerprint density at radius 2 is 1.44 bits per heavy atom. The first-order valence-corrected chi connectivity index (χ1v) is 11.3. The maximum atomic E-state index is 13.9. The van der Waals surface area contributed by atoms with Gasteiger partial charge in [0.2, 0.25) is 5.91 Å². The molecule has 0 saturated heterocycles. The average molecular weight is 420 g/mol. The highest BCUT2D eigenvalue weighted by Gasteiger charge is 2.47. The normalized spacial score (nSPS) is 19.5. The Balaban J connectivity index is 1.59. The second kappa shape index (κ2) is 7.63. The number of fused-ring (bicyclic) bond motifs is 2. The van der Waals surface area contributed by atoms with Gasteiger partial charge in [-0.2, -0.15) is 0 Å². The Labute approximate surface area is 190 Å². The number of hydrogen-bond acceptors (Lipinski definition) is 1. The van der Waals surface area contributed by atoms with Gasteiger partial charge in [0.15, 0.2) is 0 Å². The van der Waals surface area contributed by atoms with E-state index in [-0.39, 0.29) is 16.9 Å². The molecule has 0 fully saturated rings. The molecule has 0 unspecified atom stereocenters. The summed E-state index contributed by atoms with van der Waals surface area (Å²) in [5.74, 6) is 0.147.